The number of carbonyl (C=O) groups excluding carboxylic acids is 1. The fourth-order valence-corrected chi connectivity index (χ4v) is 3.69. The predicted molar refractivity (Wildman–Crippen MR) is 107 cm³/mol. The third-order valence-corrected chi connectivity index (χ3v) is 5.53. The van der Waals surface area contributed by atoms with E-state index < -0.39 is 23.3 Å². The lowest BCUT2D eigenvalue weighted by atomic mass is 9.82. The Morgan fingerprint density at radius 2 is 1.91 bits per heavy atom. The second-order valence-electron chi connectivity index (χ2n) is 7.62. The lowest BCUT2D eigenvalue weighted by Gasteiger charge is -2.26. The number of phenolic OH excluding ortho intramolecular Hbond substituents is 1. The summed E-state index contributed by atoms with van der Waals surface area (Å²) in [5, 5.41) is 15.8. The summed E-state index contributed by atoms with van der Waals surface area (Å²) in [7, 11) is 1.50. The monoisotopic (exact) mass is 445 g/mol. The first kappa shape index (κ1) is 21.6. The minimum atomic E-state index is -1.17. The van der Waals surface area contributed by atoms with Gasteiger partial charge in [-0.1, -0.05) is 5.16 Å². The molecule has 11 heteroatoms. The Labute approximate surface area is 181 Å². The number of phenols is 1. The highest BCUT2D eigenvalue weighted by Gasteiger charge is 2.27. The van der Waals surface area contributed by atoms with Crippen LogP contribution in [0.1, 0.15) is 47.8 Å². The van der Waals surface area contributed by atoms with Gasteiger partial charge in [-0.15, -0.1) is 0 Å². The van der Waals surface area contributed by atoms with Crippen molar-refractivity contribution < 1.29 is 27.9 Å². The zero-order valence-electron chi connectivity index (χ0n) is 17.2. The van der Waals surface area contributed by atoms with Gasteiger partial charge in [0, 0.05) is 18.0 Å². The largest absolute Gasteiger partial charge is 0.503 e. The number of nitrogens with one attached hydrogen (secondary N) is 1. The van der Waals surface area contributed by atoms with Crippen LogP contribution in [-0.4, -0.2) is 44.8 Å². The standard InChI is InChI=1S/C21H21F2N5O4/c1-31-17-10-24-16(9-25-17)19-27-21(32-28-19)12-4-2-11(3-5-12)8-26-20(30)13-6-14(22)18(29)15(23)7-13/h6-7,9-12,29H,2-5,8H2,1H3,(H,26,30). The van der Waals surface area contributed by atoms with E-state index in [0.717, 1.165) is 37.8 Å². The van der Waals surface area contributed by atoms with Crippen LogP contribution in [0.15, 0.2) is 29.0 Å². The van der Waals surface area contributed by atoms with Crippen molar-refractivity contribution in [2.75, 3.05) is 13.7 Å². The van der Waals surface area contributed by atoms with Crippen LogP contribution in [0, 0.1) is 17.6 Å². The van der Waals surface area contributed by atoms with E-state index in [2.05, 4.69) is 25.4 Å². The molecule has 0 aliphatic heterocycles. The molecule has 2 N–H and O–H groups in total. The van der Waals surface area contributed by atoms with Crippen LogP contribution in [0.2, 0.25) is 0 Å². The van der Waals surface area contributed by atoms with Crippen molar-refractivity contribution in [1.82, 2.24) is 25.4 Å². The molecule has 168 valence electrons. The van der Waals surface area contributed by atoms with E-state index in [1.165, 1.54) is 19.5 Å². The Morgan fingerprint density at radius 1 is 1.19 bits per heavy atom. The molecule has 0 atom stereocenters. The molecule has 1 amide bonds. The molecular formula is C21H21F2N5O4. The maximum atomic E-state index is 13.4. The first-order valence-electron chi connectivity index (χ1n) is 10.1. The van der Waals surface area contributed by atoms with E-state index in [4.69, 9.17) is 14.4 Å². The Kier molecular flexibility index (Phi) is 6.24. The number of aromatic nitrogens is 4. The molecule has 2 aromatic heterocycles. The zero-order valence-corrected chi connectivity index (χ0v) is 17.2. The van der Waals surface area contributed by atoms with Gasteiger partial charge in [-0.2, -0.15) is 4.98 Å². The molecule has 0 radical (unpaired) electrons. The first-order valence-corrected chi connectivity index (χ1v) is 10.1. The van der Waals surface area contributed by atoms with Crippen molar-refractivity contribution in [2.24, 2.45) is 5.92 Å². The average molecular weight is 445 g/mol. The SMILES string of the molecule is COc1cnc(-c2noc(C3CCC(CNC(=O)c4cc(F)c(O)c(F)c4)CC3)n2)cn1. The maximum absolute atomic E-state index is 13.4. The van der Waals surface area contributed by atoms with E-state index in [-0.39, 0.29) is 17.4 Å². The van der Waals surface area contributed by atoms with Crippen LogP contribution in [0.5, 0.6) is 11.6 Å². The molecule has 0 spiro atoms. The minimum absolute atomic E-state index is 0.106. The van der Waals surface area contributed by atoms with Crippen molar-refractivity contribution in [2.45, 2.75) is 31.6 Å². The highest BCUT2D eigenvalue weighted by atomic mass is 19.1. The van der Waals surface area contributed by atoms with E-state index in [1.807, 2.05) is 0 Å². The Hall–Kier alpha value is -3.63. The number of ether oxygens (including phenoxy) is 1. The number of methoxy groups -OCH3 is 1. The number of halogens is 2. The molecule has 3 aromatic rings. The molecular weight excluding hydrogens is 424 g/mol. The lowest BCUT2D eigenvalue weighted by Crippen LogP contribution is -2.31. The van der Waals surface area contributed by atoms with Gasteiger partial charge in [0.1, 0.15) is 5.69 Å². The summed E-state index contributed by atoms with van der Waals surface area (Å²) in [6.07, 6.45) is 6.25. The lowest BCUT2D eigenvalue weighted by molar-refractivity contribution is 0.0941. The Bertz CT molecular complexity index is 1070. The summed E-state index contributed by atoms with van der Waals surface area (Å²) in [6.45, 7) is 0.381. The van der Waals surface area contributed by atoms with Crippen molar-refractivity contribution in [3.63, 3.8) is 0 Å². The quantitative estimate of drug-likeness (QED) is 0.593. The van der Waals surface area contributed by atoms with Crippen molar-refractivity contribution in [3.05, 3.63) is 47.6 Å². The second-order valence-corrected chi connectivity index (χ2v) is 7.62. The third kappa shape index (κ3) is 4.66. The smallest absolute Gasteiger partial charge is 0.251 e. The van der Waals surface area contributed by atoms with Gasteiger partial charge in [-0.3, -0.25) is 4.79 Å². The summed E-state index contributed by atoms with van der Waals surface area (Å²) < 4.78 is 37.3. The average Bonchev–Trinajstić information content (AvgIpc) is 3.31. The maximum Gasteiger partial charge on any atom is 0.251 e. The van der Waals surface area contributed by atoms with Crippen LogP contribution in [0.4, 0.5) is 8.78 Å². The van der Waals surface area contributed by atoms with Crippen LogP contribution < -0.4 is 10.1 Å². The molecule has 4 rings (SSSR count). The van der Waals surface area contributed by atoms with Gasteiger partial charge in [0.25, 0.3) is 5.91 Å². The van der Waals surface area contributed by atoms with Gasteiger partial charge in [0.15, 0.2) is 17.4 Å². The molecule has 0 saturated heterocycles. The molecule has 2 heterocycles. The fraction of sp³-hybridized carbons (Fsp3) is 0.381. The number of hydrogen-bond donors (Lipinski definition) is 2. The van der Waals surface area contributed by atoms with Gasteiger partial charge >= 0.3 is 0 Å². The summed E-state index contributed by atoms with van der Waals surface area (Å²) in [4.78, 5) is 24.9. The number of benzene rings is 1. The second kappa shape index (κ2) is 9.25. The number of nitrogens with zero attached hydrogens (tertiary/aromatic N) is 4. The molecule has 32 heavy (non-hydrogen) atoms. The molecule has 1 saturated carbocycles. The van der Waals surface area contributed by atoms with Gasteiger partial charge in [0.2, 0.25) is 17.6 Å². The Balaban J connectivity index is 1.29. The zero-order chi connectivity index (χ0) is 22.7. The number of carbonyl (C=O) groups is 1. The van der Waals surface area contributed by atoms with Gasteiger partial charge < -0.3 is 19.7 Å². The van der Waals surface area contributed by atoms with Crippen LogP contribution in [0.3, 0.4) is 0 Å². The van der Waals surface area contributed by atoms with Gasteiger partial charge in [0.05, 0.1) is 19.5 Å². The van der Waals surface area contributed by atoms with E-state index in [0.29, 0.717) is 29.8 Å². The molecule has 1 fully saturated rings. The van der Waals surface area contributed by atoms with Gasteiger partial charge in [-0.05, 0) is 43.7 Å². The predicted octanol–water partition coefficient (Wildman–Crippen LogP) is 3.22. The molecule has 0 unspecified atom stereocenters. The van der Waals surface area contributed by atoms with Crippen LogP contribution in [-0.2, 0) is 0 Å². The molecule has 1 aromatic carbocycles. The summed E-state index contributed by atoms with van der Waals surface area (Å²) in [5.41, 5.74) is 0.311. The topological polar surface area (TPSA) is 123 Å². The van der Waals surface area contributed by atoms with E-state index in [9.17, 15) is 13.6 Å². The third-order valence-electron chi connectivity index (χ3n) is 5.53. The van der Waals surface area contributed by atoms with Crippen molar-refractivity contribution in [1.29, 1.82) is 0 Å². The van der Waals surface area contributed by atoms with Crippen molar-refractivity contribution in [3.8, 4) is 23.1 Å². The Morgan fingerprint density at radius 3 is 2.53 bits per heavy atom. The highest BCUT2D eigenvalue weighted by molar-refractivity contribution is 5.94. The molecule has 1 aliphatic carbocycles. The summed E-state index contributed by atoms with van der Waals surface area (Å²) in [6, 6.07) is 1.62. The molecule has 0 bridgehead atoms. The first-order chi connectivity index (χ1) is 15.4. The normalized spacial score (nSPS) is 18.3. The van der Waals surface area contributed by atoms with E-state index >= 15 is 0 Å². The number of hydrogen-bond acceptors (Lipinski definition) is 8. The van der Waals surface area contributed by atoms with Crippen LogP contribution >= 0.6 is 0 Å². The summed E-state index contributed by atoms with van der Waals surface area (Å²) in [5.74, 6) is -2.41. The fourth-order valence-electron chi connectivity index (χ4n) is 3.69. The van der Waals surface area contributed by atoms with Crippen LogP contribution in [0.25, 0.3) is 11.5 Å². The molecule has 9 nitrogen and oxygen atoms in total. The summed E-state index contributed by atoms with van der Waals surface area (Å²) >= 11 is 0. The number of amides is 1. The minimum Gasteiger partial charge on any atom is -0.503 e. The number of rotatable bonds is 6. The number of aromatic hydroxyl groups is 1. The highest BCUT2D eigenvalue weighted by Crippen LogP contribution is 2.35. The van der Waals surface area contributed by atoms with E-state index in [1.54, 1.807) is 0 Å². The van der Waals surface area contributed by atoms with Gasteiger partial charge in [-0.25, -0.2) is 18.7 Å². The van der Waals surface area contributed by atoms with Crippen molar-refractivity contribution >= 4 is 5.91 Å². The molecule has 1 aliphatic rings.